The molecule has 3 heterocycles. The van der Waals surface area contributed by atoms with Gasteiger partial charge in [0.2, 0.25) is 5.91 Å². The molecule has 0 aliphatic heterocycles. The summed E-state index contributed by atoms with van der Waals surface area (Å²) in [5.74, 6) is 1.86. The van der Waals surface area contributed by atoms with Crippen LogP contribution >= 0.6 is 23.1 Å². The van der Waals surface area contributed by atoms with E-state index in [0.717, 1.165) is 16.3 Å². The molecule has 0 radical (unpaired) electrons. The monoisotopic (exact) mass is 412 g/mol. The van der Waals surface area contributed by atoms with Gasteiger partial charge >= 0.3 is 0 Å². The molecule has 0 aliphatic rings. The molecule has 0 saturated carbocycles. The molecule has 2 N–H and O–H groups in total. The summed E-state index contributed by atoms with van der Waals surface area (Å²) in [6, 6.07) is 13.5. The van der Waals surface area contributed by atoms with Crippen molar-refractivity contribution in [3.8, 4) is 22.2 Å². The molecule has 142 valence electrons. The first-order valence-corrected chi connectivity index (χ1v) is 10.3. The van der Waals surface area contributed by atoms with Gasteiger partial charge in [0.25, 0.3) is 5.89 Å². The largest absolute Gasteiger partial charge is 0.370 e. The Balaban J connectivity index is 1.52. The molecule has 0 saturated heterocycles. The number of hydrogen-bond acceptors (Lipinski definition) is 8. The van der Waals surface area contributed by atoms with Crippen LogP contribution in [0.4, 0.5) is 0 Å². The standard InChI is InChI=1S/C18H16N6O2S2/c19-14(25)8-9-24-16(13-7-4-10-27-13)21-22-18(24)28-11-15-20-17(26-23-15)12-5-2-1-3-6-12/h1-7,10H,8-9,11H2,(H2,19,25). The number of thioether (sulfide) groups is 1. The van der Waals surface area contributed by atoms with Gasteiger partial charge in [0.15, 0.2) is 16.8 Å². The zero-order valence-electron chi connectivity index (χ0n) is 14.7. The molecule has 0 aliphatic carbocycles. The summed E-state index contributed by atoms with van der Waals surface area (Å²) in [4.78, 5) is 16.7. The molecule has 0 bridgehead atoms. The second-order valence-corrected chi connectivity index (χ2v) is 7.71. The fourth-order valence-electron chi connectivity index (χ4n) is 2.55. The van der Waals surface area contributed by atoms with Crippen LogP contribution in [0.1, 0.15) is 12.2 Å². The van der Waals surface area contributed by atoms with Crippen LogP contribution in [0.3, 0.4) is 0 Å². The number of rotatable bonds is 8. The minimum Gasteiger partial charge on any atom is -0.370 e. The summed E-state index contributed by atoms with van der Waals surface area (Å²) in [6.45, 7) is 0.416. The van der Waals surface area contributed by atoms with Gasteiger partial charge < -0.3 is 14.8 Å². The van der Waals surface area contributed by atoms with Gasteiger partial charge in [-0.3, -0.25) is 4.79 Å². The second-order valence-electron chi connectivity index (χ2n) is 5.82. The van der Waals surface area contributed by atoms with Crippen molar-refractivity contribution in [3.63, 3.8) is 0 Å². The lowest BCUT2D eigenvalue weighted by Gasteiger charge is -2.07. The van der Waals surface area contributed by atoms with Crippen molar-refractivity contribution in [2.45, 2.75) is 23.9 Å². The van der Waals surface area contributed by atoms with Crippen molar-refractivity contribution in [2.75, 3.05) is 0 Å². The number of hydrogen-bond donors (Lipinski definition) is 1. The molecule has 4 rings (SSSR count). The van der Waals surface area contributed by atoms with Gasteiger partial charge in [0.1, 0.15) is 0 Å². The predicted molar refractivity (Wildman–Crippen MR) is 106 cm³/mol. The van der Waals surface area contributed by atoms with E-state index in [-0.39, 0.29) is 12.3 Å². The lowest BCUT2D eigenvalue weighted by atomic mass is 10.2. The normalized spacial score (nSPS) is 11.0. The number of carbonyl (C=O) groups is 1. The molecule has 28 heavy (non-hydrogen) atoms. The van der Waals surface area contributed by atoms with Crippen LogP contribution in [0.5, 0.6) is 0 Å². The summed E-state index contributed by atoms with van der Waals surface area (Å²) in [5, 5.41) is 15.2. The lowest BCUT2D eigenvalue weighted by molar-refractivity contribution is -0.118. The Morgan fingerprint density at radius 2 is 2.04 bits per heavy atom. The highest BCUT2D eigenvalue weighted by molar-refractivity contribution is 7.98. The fourth-order valence-corrected chi connectivity index (χ4v) is 4.07. The Hall–Kier alpha value is -2.98. The second kappa shape index (κ2) is 8.36. The number of nitrogens with two attached hydrogens (primary N) is 1. The van der Waals surface area contributed by atoms with Gasteiger partial charge in [-0.2, -0.15) is 4.98 Å². The van der Waals surface area contributed by atoms with Gasteiger partial charge in [-0.25, -0.2) is 0 Å². The third kappa shape index (κ3) is 4.12. The average Bonchev–Trinajstić information content (AvgIpc) is 3.45. The van der Waals surface area contributed by atoms with E-state index < -0.39 is 0 Å². The van der Waals surface area contributed by atoms with Crippen LogP contribution in [0.25, 0.3) is 22.2 Å². The molecular weight excluding hydrogens is 396 g/mol. The molecule has 1 amide bonds. The summed E-state index contributed by atoms with van der Waals surface area (Å²) >= 11 is 3.00. The molecule has 1 aromatic carbocycles. The van der Waals surface area contributed by atoms with Crippen molar-refractivity contribution in [2.24, 2.45) is 5.73 Å². The molecule has 10 heteroatoms. The van der Waals surface area contributed by atoms with Gasteiger partial charge in [0, 0.05) is 18.5 Å². The van der Waals surface area contributed by atoms with Gasteiger partial charge in [-0.1, -0.05) is 41.2 Å². The fraction of sp³-hybridized carbons (Fsp3) is 0.167. The predicted octanol–water partition coefficient (Wildman–Crippen LogP) is 3.22. The number of primary amides is 1. The van der Waals surface area contributed by atoms with Gasteiger partial charge in [-0.15, -0.1) is 21.5 Å². The number of amides is 1. The van der Waals surface area contributed by atoms with E-state index >= 15 is 0 Å². The first kappa shape index (κ1) is 18.4. The third-order valence-electron chi connectivity index (χ3n) is 3.86. The van der Waals surface area contributed by atoms with Crippen LogP contribution < -0.4 is 5.73 Å². The van der Waals surface area contributed by atoms with Crippen LogP contribution in [-0.2, 0) is 17.1 Å². The number of aromatic nitrogens is 5. The average molecular weight is 413 g/mol. The van der Waals surface area contributed by atoms with E-state index in [1.54, 1.807) is 11.3 Å². The first-order valence-electron chi connectivity index (χ1n) is 8.47. The highest BCUT2D eigenvalue weighted by Crippen LogP contribution is 2.29. The highest BCUT2D eigenvalue weighted by Gasteiger charge is 2.17. The molecule has 0 fully saturated rings. The molecule has 0 atom stereocenters. The van der Waals surface area contributed by atoms with Gasteiger partial charge in [0.05, 0.1) is 10.6 Å². The molecule has 0 spiro atoms. The van der Waals surface area contributed by atoms with E-state index in [4.69, 9.17) is 10.3 Å². The third-order valence-corrected chi connectivity index (χ3v) is 5.69. The number of benzene rings is 1. The van der Waals surface area contributed by atoms with Crippen molar-refractivity contribution in [1.29, 1.82) is 0 Å². The maximum atomic E-state index is 11.3. The van der Waals surface area contributed by atoms with E-state index in [9.17, 15) is 4.79 Å². The van der Waals surface area contributed by atoms with Crippen LogP contribution in [0.15, 0.2) is 57.5 Å². The molecule has 4 aromatic rings. The van der Waals surface area contributed by atoms with E-state index in [1.807, 2.05) is 52.4 Å². The number of thiophene rings is 1. The van der Waals surface area contributed by atoms with E-state index in [2.05, 4.69) is 20.3 Å². The molecule has 3 aromatic heterocycles. The van der Waals surface area contributed by atoms with Crippen molar-refractivity contribution < 1.29 is 9.32 Å². The Morgan fingerprint density at radius 3 is 2.79 bits per heavy atom. The van der Waals surface area contributed by atoms with Crippen LogP contribution in [0, 0.1) is 0 Å². The maximum Gasteiger partial charge on any atom is 0.257 e. The maximum absolute atomic E-state index is 11.3. The highest BCUT2D eigenvalue weighted by atomic mass is 32.2. The minimum atomic E-state index is -0.368. The zero-order chi connectivity index (χ0) is 19.3. The summed E-state index contributed by atoms with van der Waals surface area (Å²) in [7, 11) is 0. The van der Waals surface area contributed by atoms with Crippen molar-refractivity contribution in [1.82, 2.24) is 24.9 Å². The van der Waals surface area contributed by atoms with Crippen LogP contribution in [0.2, 0.25) is 0 Å². The van der Waals surface area contributed by atoms with Gasteiger partial charge in [-0.05, 0) is 23.6 Å². The molecule has 0 unspecified atom stereocenters. The summed E-state index contributed by atoms with van der Waals surface area (Å²) < 4.78 is 7.24. The zero-order valence-corrected chi connectivity index (χ0v) is 16.3. The Kier molecular flexibility index (Phi) is 5.49. The Bertz CT molecular complexity index is 1060. The topological polar surface area (TPSA) is 113 Å². The Labute approximate surface area is 168 Å². The quantitative estimate of drug-likeness (QED) is 0.442. The number of carbonyl (C=O) groups excluding carboxylic acids is 1. The SMILES string of the molecule is NC(=O)CCn1c(SCc2noc(-c3ccccc3)n2)nnc1-c1cccs1. The number of nitrogens with zero attached hydrogens (tertiary/aromatic N) is 5. The first-order chi connectivity index (χ1) is 13.7. The van der Waals surface area contributed by atoms with Crippen molar-refractivity contribution in [3.05, 3.63) is 53.7 Å². The van der Waals surface area contributed by atoms with Crippen molar-refractivity contribution >= 4 is 29.0 Å². The molecule has 8 nitrogen and oxygen atoms in total. The van der Waals surface area contributed by atoms with E-state index in [0.29, 0.717) is 29.2 Å². The molecular formula is C18H16N6O2S2. The summed E-state index contributed by atoms with van der Waals surface area (Å²) in [6.07, 6.45) is 0.213. The van der Waals surface area contributed by atoms with Crippen LogP contribution in [-0.4, -0.2) is 30.8 Å². The minimum absolute atomic E-state index is 0.213. The van der Waals surface area contributed by atoms with E-state index in [1.165, 1.54) is 11.8 Å². The smallest absolute Gasteiger partial charge is 0.257 e. The summed E-state index contributed by atoms with van der Waals surface area (Å²) in [5.41, 5.74) is 6.19. The lowest BCUT2D eigenvalue weighted by Crippen LogP contribution is -2.14. The Morgan fingerprint density at radius 1 is 1.18 bits per heavy atom.